The molecule has 2 N–H and O–H groups in total. The zero-order valence-electron chi connectivity index (χ0n) is 13.7. The van der Waals surface area contributed by atoms with Crippen molar-refractivity contribution in [1.82, 2.24) is 10.6 Å². The number of morpholine rings is 1. The van der Waals surface area contributed by atoms with Gasteiger partial charge in [-0.25, -0.2) is 0 Å². The Kier molecular flexibility index (Phi) is 8.62. The standard InChI is InChI=1S/C16H23N3O3.2ClH/c1-21-14-5-3-2-4-13(14)19-8-6-12(11-19)18-16(20)15-10-17-7-9-22-15;;/h2-5,12,15,17H,6-11H2,1H3,(H,18,20);2*1H. The predicted octanol–water partition coefficient (Wildman–Crippen LogP) is 1.22. The molecule has 1 amide bonds. The molecule has 2 aliphatic rings. The number of nitrogens with one attached hydrogen (secondary N) is 2. The van der Waals surface area contributed by atoms with E-state index >= 15 is 0 Å². The Hall–Kier alpha value is -1.21. The van der Waals surface area contributed by atoms with Gasteiger partial charge in [0.15, 0.2) is 0 Å². The first-order valence-corrected chi connectivity index (χ1v) is 7.78. The number of nitrogens with zero attached hydrogens (tertiary/aromatic N) is 1. The van der Waals surface area contributed by atoms with Gasteiger partial charge >= 0.3 is 0 Å². The largest absolute Gasteiger partial charge is 0.495 e. The number of hydrogen-bond acceptors (Lipinski definition) is 5. The third-order valence-corrected chi connectivity index (χ3v) is 4.18. The molecule has 8 heteroatoms. The number of carbonyl (C=O) groups excluding carboxylic acids is 1. The van der Waals surface area contributed by atoms with Gasteiger partial charge in [-0.2, -0.15) is 0 Å². The fourth-order valence-electron chi connectivity index (χ4n) is 3.02. The van der Waals surface area contributed by atoms with Gasteiger partial charge in [-0.15, -0.1) is 24.8 Å². The highest BCUT2D eigenvalue weighted by molar-refractivity contribution is 5.85. The summed E-state index contributed by atoms with van der Waals surface area (Å²) >= 11 is 0. The number of rotatable bonds is 4. The minimum atomic E-state index is -0.367. The Labute approximate surface area is 155 Å². The first-order chi connectivity index (χ1) is 10.8. The molecule has 6 nitrogen and oxygen atoms in total. The molecule has 1 aromatic rings. The average molecular weight is 378 g/mol. The van der Waals surface area contributed by atoms with Crippen molar-refractivity contribution in [2.45, 2.75) is 18.6 Å². The zero-order chi connectivity index (χ0) is 15.4. The molecule has 2 atom stereocenters. The van der Waals surface area contributed by atoms with E-state index in [4.69, 9.17) is 9.47 Å². The van der Waals surface area contributed by atoms with E-state index in [1.807, 2.05) is 18.2 Å². The number of hydrogen-bond donors (Lipinski definition) is 2. The van der Waals surface area contributed by atoms with E-state index in [-0.39, 0.29) is 42.9 Å². The lowest BCUT2D eigenvalue weighted by atomic mass is 10.2. The maximum absolute atomic E-state index is 12.2. The van der Waals surface area contributed by atoms with Gasteiger partial charge in [-0.1, -0.05) is 12.1 Å². The number of para-hydroxylation sites is 2. The summed E-state index contributed by atoms with van der Waals surface area (Å²) in [6.07, 6.45) is 0.568. The Balaban J connectivity index is 0.00000144. The van der Waals surface area contributed by atoms with E-state index in [0.717, 1.165) is 37.5 Å². The van der Waals surface area contributed by atoms with Crippen molar-refractivity contribution < 1.29 is 14.3 Å². The fraction of sp³-hybridized carbons (Fsp3) is 0.562. The summed E-state index contributed by atoms with van der Waals surface area (Å²) in [6, 6.07) is 8.14. The van der Waals surface area contributed by atoms with Crippen LogP contribution in [-0.4, -0.2) is 57.9 Å². The van der Waals surface area contributed by atoms with E-state index in [0.29, 0.717) is 13.2 Å². The summed E-state index contributed by atoms with van der Waals surface area (Å²) in [7, 11) is 1.68. The molecule has 2 fully saturated rings. The average Bonchev–Trinajstić information content (AvgIpc) is 3.04. The van der Waals surface area contributed by atoms with Gasteiger partial charge in [0.1, 0.15) is 11.9 Å². The molecule has 2 aliphatic heterocycles. The van der Waals surface area contributed by atoms with Crippen molar-refractivity contribution in [2.24, 2.45) is 0 Å². The highest BCUT2D eigenvalue weighted by atomic mass is 35.5. The molecule has 24 heavy (non-hydrogen) atoms. The molecule has 2 heterocycles. The minimum Gasteiger partial charge on any atom is -0.495 e. The van der Waals surface area contributed by atoms with Crippen molar-refractivity contribution in [2.75, 3.05) is 44.8 Å². The summed E-state index contributed by atoms with van der Waals surface area (Å²) in [5, 5.41) is 6.28. The maximum Gasteiger partial charge on any atom is 0.250 e. The normalized spacial score (nSPS) is 23.0. The van der Waals surface area contributed by atoms with Crippen LogP contribution in [0.25, 0.3) is 0 Å². The van der Waals surface area contributed by atoms with Crippen LogP contribution in [0.1, 0.15) is 6.42 Å². The molecule has 3 rings (SSSR count). The lowest BCUT2D eigenvalue weighted by Crippen LogP contribution is -2.50. The van der Waals surface area contributed by atoms with Crippen LogP contribution in [0.4, 0.5) is 5.69 Å². The molecule has 0 radical (unpaired) electrons. The lowest BCUT2D eigenvalue weighted by molar-refractivity contribution is -0.134. The number of methoxy groups -OCH3 is 1. The number of anilines is 1. The molecule has 0 bridgehead atoms. The molecule has 0 aliphatic carbocycles. The van der Waals surface area contributed by atoms with Gasteiger partial charge in [0, 0.05) is 32.2 Å². The minimum absolute atomic E-state index is 0. The molecule has 0 saturated carbocycles. The van der Waals surface area contributed by atoms with Gasteiger partial charge in [-0.05, 0) is 18.6 Å². The van der Waals surface area contributed by atoms with Gasteiger partial charge in [0.05, 0.1) is 19.4 Å². The Morgan fingerprint density at radius 2 is 2.17 bits per heavy atom. The van der Waals surface area contributed by atoms with E-state index in [1.54, 1.807) is 7.11 Å². The number of amides is 1. The van der Waals surface area contributed by atoms with Crippen LogP contribution in [0.2, 0.25) is 0 Å². The maximum atomic E-state index is 12.2. The Bertz CT molecular complexity index is 527. The predicted molar refractivity (Wildman–Crippen MR) is 98.9 cm³/mol. The monoisotopic (exact) mass is 377 g/mol. The summed E-state index contributed by atoms with van der Waals surface area (Å²) in [5.74, 6) is 0.855. The SMILES string of the molecule is COc1ccccc1N1CCC(NC(=O)C2CNCCO2)C1.Cl.Cl. The quantitative estimate of drug-likeness (QED) is 0.825. The summed E-state index contributed by atoms with van der Waals surface area (Å²) < 4.78 is 10.9. The smallest absolute Gasteiger partial charge is 0.250 e. The van der Waals surface area contributed by atoms with Crippen LogP contribution in [0, 0.1) is 0 Å². The van der Waals surface area contributed by atoms with Crippen LogP contribution in [0.15, 0.2) is 24.3 Å². The summed E-state index contributed by atoms with van der Waals surface area (Å²) in [5.41, 5.74) is 1.08. The first-order valence-electron chi connectivity index (χ1n) is 7.78. The molecule has 1 aromatic carbocycles. The molecule has 2 saturated heterocycles. The van der Waals surface area contributed by atoms with E-state index < -0.39 is 0 Å². The highest BCUT2D eigenvalue weighted by Gasteiger charge is 2.29. The van der Waals surface area contributed by atoms with Crippen molar-refractivity contribution >= 4 is 36.4 Å². The van der Waals surface area contributed by atoms with Crippen molar-refractivity contribution in [1.29, 1.82) is 0 Å². The Morgan fingerprint density at radius 1 is 1.38 bits per heavy atom. The van der Waals surface area contributed by atoms with Crippen molar-refractivity contribution in [3.63, 3.8) is 0 Å². The molecule has 0 spiro atoms. The van der Waals surface area contributed by atoms with Gasteiger partial charge in [-0.3, -0.25) is 4.79 Å². The third kappa shape index (κ3) is 4.89. The fourth-order valence-corrected chi connectivity index (χ4v) is 3.02. The van der Waals surface area contributed by atoms with Gasteiger partial charge in [0.2, 0.25) is 0 Å². The molecular formula is C16H25Cl2N3O3. The number of halogens is 2. The zero-order valence-corrected chi connectivity index (χ0v) is 15.3. The van der Waals surface area contributed by atoms with Crippen molar-refractivity contribution in [3.8, 4) is 5.75 Å². The third-order valence-electron chi connectivity index (χ3n) is 4.18. The lowest BCUT2D eigenvalue weighted by Gasteiger charge is -2.25. The molecule has 136 valence electrons. The molecule has 2 unspecified atom stereocenters. The van der Waals surface area contributed by atoms with Crippen LogP contribution in [0.3, 0.4) is 0 Å². The summed E-state index contributed by atoms with van der Waals surface area (Å²) in [4.78, 5) is 14.5. The van der Waals surface area contributed by atoms with E-state index in [9.17, 15) is 4.79 Å². The second kappa shape index (κ2) is 9.93. The van der Waals surface area contributed by atoms with Gasteiger partial charge in [0.25, 0.3) is 5.91 Å². The van der Waals surface area contributed by atoms with E-state index in [1.165, 1.54) is 0 Å². The highest BCUT2D eigenvalue weighted by Crippen LogP contribution is 2.30. The molecular weight excluding hydrogens is 353 g/mol. The first kappa shape index (κ1) is 20.8. The van der Waals surface area contributed by atoms with Crippen LogP contribution in [-0.2, 0) is 9.53 Å². The Morgan fingerprint density at radius 3 is 2.88 bits per heavy atom. The van der Waals surface area contributed by atoms with E-state index in [2.05, 4.69) is 21.6 Å². The molecule has 0 aromatic heterocycles. The van der Waals surface area contributed by atoms with Crippen molar-refractivity contribution in [3.05, 3.63) is 24.3 Å². The van der Waals surface area contributed by atoms with Gasteiger partial charge < -0.3 is 25.0 Å². The second-order valence-corrected chi connectivity index (χ2v) is 5.68. The summed E-state index contributed by atoms with van der Waals surface area (Å²) in [6.45, 7) is 3.71. The van der Waals surface area contributed by atoms with Crippen LogP contribution >= 0.6 is 24.8 Å². The number of carbonyl (C=O) groups is 1. The topological polar surface area (TPSA) is 62.8 Å². The van der Waals surface area contributed by atoms with Crippen LogP contribution < -0.4 is 20.3 Å². The number of benzene rings is 1. The second-order valence-electron chi connectivity index (χ2n) is 5.68. The number of ether oxygens (including phenoxy) is 2. The van der Waals surface area contributed by atoms with Crippen LogP contribution in [0.5, 0.6) is 5.75 Å².